The van der Waals surface area contributed by atoms with Crippen LogP contribution in [-0.4, -0.2) is 14.4 Å². The molecular weight excluding hydrogens is 170 g/mol. The van der Waals surface area contributed by atoms with Gasteiger partial charge in [0.2, 0.25) is 0 Å². The average molecular weight is 175 g/mol. The summed E-state index contributed by atoms with van der Waals surface area (Å²) in [6.07, 6.45) is 5.60. The molecule has 4 heteroatoms. The van der Waals surface area contributed by atoms with Crippen LogP contribution in [0.5, 0.6) is 0 Å². The van der Waals surface area contributed by atoms with E-state index in [-0.39, 0.29) is 0 Å². The van der Waals surface area contributed by atoms with Crippen molar-refractivity contribution >= 4 is 27.3 Å². The lowest BCUT2D eigenvalue weighted by Crippen LogP contribution is -1.75. The van der Waals surface area contributed by atoms with Crippen molar-refractivity contribution in [1.29, 1.82) is 0 Å². The molecule has 12 heavy (non-hydrogen) atoms. The Morgan fingerprint density at radius 2 is 2.42 bits per heavy atom. The van der Waals surface area contributed by atoms with Crippen molar-refractivity contribution in [3.05, 3.63) is 30.0 Å². The highest BCUT2D eigenvalue weighted by atomic mass is 32.1. The van der Waals surface area contributed by atoms with Gasteiger partial charge in [-0.15, -0.1) is 11.3 Å². The first-order valence-electron chi connectivity index (χ1n) is 3.60. The maximum absolute atomic E-state index is 4.39. The molecule has 0 aliphatic rings. The van der Waals surface area contributed by atoms with Crippen LogP contribution >= 0.6 is 11.3 Å². The minimum Gasteiger partial charge on any atom is -0.290 e. The molecule has 0 radical (unpaired) electrons. The average Bonchev–Trinajstić information content (AvgIpc) is 2.62. The van der Waals surface area contributed by atoms with E-state index in [1.807, 2.05) is 17.6 Å². The molecule has 58 valence electrons. The third-order valence-electron chi connectivity index (χ3n) is 1.84. The normalized spacial score (nSPS) is 11.3. The summed E-state index contributed by atoms with van der Waals surface area (Å²) in [5.41, 5.74) is 2.09. The Morgan fingerprint density at radius 1 is 1.42 bits per heavy atom. The number of hydrogen-bond acceptors (Lipinski definition) is 3. The maximum atomic E-state index is 4.39. The number of pyridine rings is 1. The quantitative estimate of drug-likeness (QED) is 0.522. The summed E-state index contributed by atoms with van der Waals surface area (Å²) < 4.78 is 2.07. The first-order valence-corrected chi connectivity index (χ1v) is 4.48. The van der Waals surface area contributed by atoms with Gasteiger partial charge in [-0.25, -0.2) is 4.98 Å². The Hall–Kier alpha value is -1.42. The van der Waals surface area contributed by atoms with Gasteiger partial charge >= 0.3 is 0 Å². The summed E-state index contributed by atoms with van der Waals surface area (Å²) in [4.78, 5) is 9.44. The Labute approximate surface area is 72.3 Å². The van der Waals surface area contributed by atoms with Gasteiger partial charge in [-0.2, -0.15) is 0 Å². The van der Waals surface area contributed by atoms with Crippen LogP contribution in [0.1, 0.15) is 0 Å². The zero-order chi connectivity index (χ0) is 7.97. The predicted octanol–water partition coefficient (Wildman–Crippen LogP) is 1.94. The number of nitrogens with zero attached hydrogens (tertiary/aromatic N) is 3. The molecule has 0 unspecified atom stereocenters. The second-order valence-electron chi connectivity index (χ2n) is 2.53. The van der Waals surface area contributed by atoms with E-state index in [9.17, 15) is 0 Å². The van der Waals surface area contributed by atoms with Crippen molar-refractivity contribution in [3.8, 4) is 0 Å². The fourth-order valence-corrected chi connectivity index (χ4v) is 2.04. The molecule has 3 nitrogen and oxygen atoms in total. The monoisotopic (exact) mass is 175 g/mol. The molecule has 0 amide bonds. The van der Waals surface area contributed by atoms with Crippen LogP contribution in [-0.2, 0) is 0 Å². The molecule has 3 heterocycles. The van der Waals surface area contributed by atoms with E-state index in [1.54, 1.807) is 23.7 Å². The van der Waals surface area contributed by atoms with E-state index in [2.05, 4.69) is 14.4 Å². The number of hydrogen-bond donors (Lipinski definition) is 0. The standard InChI is InChI=1S/C8H5N3S/c1-2-9-5-6-7(1)11-3-4-12-8(11)10-6/h1-5H. The van der Waals surface area contributed by atoms with E-state index in [0.717, 1.165) is 16.0 Å². The highest BCUT2D eigenvalue weighted by molar-refractivity contribution is 7.15. The first kappa shape index (κ1) is 6.14. The van der Waals surface area contributed by atoms with E-state index in [1.165, 1.54) is 0 Å². The molecule has 0 bridgehead atoms. The molecule has 3 aromatic rings. The van der Waals surface area contributed by atoms with Crippen molar-refractivity contribution in [2.75, 3.05) is 0 Å². The summed E-state index contributed by atoms with van der Waals surface area (Å²) in [5.74, 6) is 0. The highest BCUT2D eigenvalue weighted by Crippen LogP contribution is 2.18. The van der Waals surface area contributed by atoms with Crippen molar-refractivity contribution in [2.24, 2.45) is 0 Å². The summed E-state index contributed by atoms with van der Waals surface area (Å²) in [7, 11) is 0. The van der Waals surface area contributed by atoms with Gasteiger partial charge in [0, 0.05) is 17.8 Å². The van der Waals surface area contributed by atoms with Crippen molar-refractivity contribution in [2.45, 2.75) is 0 Å². The molecule has 0 spiro atoms. The highest BCUT2D eigenvalue weighted by Gasteiger charge is 2.02. The van der Waals surface area contributed by atoms with Gasteiger partial charge in [-0.05, 0) is 6.07 Å². The Bertz CT molecular complexity index is 536. The SMILES string of the molecule is c1cc2c(cn1)nc1sccn12. The molecule has 3 rings (SSSR count). The largest absolute Gasteiger partial charge is 0.290 e. The molecule has 0 aliphatic heterocycles. The maximum Gasteiger partial charge on any atom is 0.194 e. The molecule has 3 aromatic heterocycles. The smallest absolute Gasteiger partial charge is 0.194 e. The van der Waals surface area contributed by atoms with Crippen LogP contribution in [0.25, 0.3) is 16.0 Å². The molecule has 0 saturated carbocycles. The van der Waals surface area contributed by atoms with Crippen LogP contribution in [0.15, 0.2) is 30.0 Å². The minimum atomic E-state index is 0.962. The summed E-state index contributed by atoms with van der Waals surface area (Å²) in [6.45, 7) is 0. The Morgan fingerprint density at radius 3 is 3.42 bits per heavy atom. The van der Waals surface area contributed by atoms with Gasteiger partial charge in [0.05, 0.1) is 11.7 Å². The Balaban J connectivity index is 2.68. The number of aromatic nitrogens is 3. The third-order valence-corrected chi connectivity index (χ3v) is 2.60. The molecular formula is C8H5N3S. The van der Waals surface area contributed by atoms with Crippen LogP contribution < -0.4 is 0 Å². The third kappa shape index (κ3) is 0.648. The topological polar surface area (TPSA) is 30.2 Å². The summed E-state index contributed by atoms with van der Waals surface area (Å²) in [6, 6.07) is 1.97. The lowest BCUT2D eigenvalue weighted by Gasteiger charge is -1.85. The van der Waals surface area contributed by atoms with E-state index in [0.29, 0.717) is 0 Å². The van der Waals surface area contributed by atoms with Crippen LogP contribution in [0.3, 0.4) is 0 Å². The van der Waals surface area contributed by atoms with E-state index >= 15 is 0 Å². The summed E-state index contributed by atoms with van der Waals surface area (Å²) >= 11 is 1.64. The summed E-state index contributed by atoms with van der Waals surface area (Å²) in [5, 5.41) is 2.03. The number of imidazole rings is 1. The number of fused-ring (bicyclic) bond motifs is 3. The second-order valence-corrected chi connectivity index (χ2v) is 3.40. The van der Waals surface area contributed by atoms with E-state index < -0.39 is 0 Å². The molecule has 0 N–H and O–H groups in total. The van der Waals surface area contributed by atoms with E-state index in [4.69, 9.17) is 0 Å². The van der Waals surface area contributed by atoms with Crippen molar-refractivity contribution < 1.29 is 0 Å². The van der Waals surface area contributed by atoms with Crippen LogP contribution in [0, 0.1) is 0 Å². The van der Waals surface area contributed by atoms with Gasteiger partial charge in [0.1, 0.15) is 5.52 Å². The molecule has 0 saturated heterocycles. The van der Waals surface area contributed by atoms with Gasteiger partial charge in [-0.3, -0.25) is 9.38 Å². The lowest BCUT2D eigenvalue weighted by atomic mass is 10.4. The van der Waals surface area contributed by atoms with Gasteiger partial charge in [0.15, 0.2) is 4.96 Å². The molecule has 0 fully saturated rings. The number of thiazole rings is 1. The number of rotatable bonds is 0. The molecule has 0 aromatic carbocycles. The van der Waals surface area contributed by atoms with Crippen molar-refractivity contribution in [3.63, 3.8) is 0 Å². The fourth-order valence-electron chi connectivity index (χ4n) is 1.31. The van der Waals surface area contributed by atoms with Crippen LogP contribution in [0.4, 0.5) is 0 Å². The Kier molecular flexibility index (Phi) is 1.04. The van der Waals surface area contributed by atoms with Crippen LogP contribution in [0.2, 0.25) is 0 Å². The predicted molar refractivity (Wildman–Crippen MR) is 48.4 cm³/mol. The van der Waals surface area contributed by atoms with Gasteiger partial charge < -0.3 is 0 Å². The zero-order valence-electron chi connectivity index (χ0n) is 6.14. The minimum absolute atomic E-state index is 0.962. The fraction of sp³-hybridized carbons (Fsp3) is 0. The zero-order valence-corrected chi connectivity index (χ0v) is 6.95. The second kappa shape index (κ2) is 2.04. The molecule has 0 aliphatic carbocycles. The molecule has 0 atom stereocenters. The van der Waals surface area contributed by atoms with Gasteiger partial charge in [0.25, 0.3) is 0 Å². The van der Waals surface area contributed by atoms with Crippen molar-refractivity contribution in [1.82, 2.24) is 14.4 Å². The lowest BCUT2D eigenvalue weighted by molar-refractivity contribution is 1.27. The first-order chi connectivity index (χ1) is 5.95. The van der Waals surface area contributed by atoms with Gasteiger partial charge in [-0.1, -0.05) is 0 Å².